The fourth-order valence-electron chi connectivity index (χ4n) is 2.68. The van der Waals surface area contributed by atoms with E-state index in [9.17, 15) is 4.79 Å². The zero-order chi connectivity index (χ0) is 17.4. The lowest BCUT2D eigenvalue weighted by atomic mass is 10.2. The molecule has 25 heavy (non-hydrogen) atoms. The van der Waals surface area contributed by atoms with E-state index >= 15 is 0 Å². The Kier molecular flexibility index (Phi) is 4.24. The van der Waals surface area contributed by atoms with Crippen LogP contribution < -0.4 is 5.32 Å². The number of carbonyl (C=O) groups excluding carboxylic acids is 1. The van der Waals surface area contributed by atoms with Crippen molar-refractivity contribution in [2.75, 3.05) is 5.32 Å². The van der Waals surface area contributed by atoms with Crippen LogP contribution in [-0.2, 0) is 0 Å². The van der Waals surface area contributed by atoms with E-state index < -0.39 is 0 Å². The monoisotopic (exact) mass is 445 g/mol. The highest BCUT2D eigenvalue weighted by atomic mass is 127. The number of anilines is 2. The summed E-state index contributed by atoms with van der Waals surface area (Å²) >= 11 is 2.19. The predicted molar refractivity (Wildman–Crippen MR) is 104 cm³/mol. The fourth-order valence-corrected chi connectivity index (χ4v) is 3.08. The van der Waals surface area contributed by atoms with E-state index in [1.54, 1.807) is 6.20 Å². The summed E-state index contributed by atoms with van der Waals surface area (Å²) in [6.07, 6.45) is 4.01. The van der Waals surface area contributed by atoms with Gasteiger partial charge in [0, 0.05) is 30.7 Å². The van der Waals surface area contributed by atoms with Crippen LogP contribution in [0.25, 0.3) is 11.4 Å². The molecular formula is C18H16IN5O. The first kappa shape index (κ1) is 16.2. The SMILES string of the molecule is CC(=O)n1nc(Nc2nc(-c3ccccc3)ncc2I)cc1C1CC1. The third-order valence-electron chi connectivity index (χ3n) is 4.05. The van der Waals surface area contributed by atoms with E-state index in [-0.39, 0.29) is 5.91 Å². The summed E-state index contributed by atoms with van der Waals surface area (Å²) in [6, 6.07) is 11.8. The molecule has 0 amide bonds. The minimum absolute atomic E-state index is 0.0719. The molecule has 1 fully saturated rings. The van der Waals surface area contributed by atoms with E-state index in [4.69, 9.17) is 0 Å². The number of halogens is 1. The van der Waals surface area contributed by atoms with Crippen LogP contribution in [0.3, 0.4) is 0 Å². The third-order valence-corrected chi connectivity index (χ3v) is 4.84. The number of hydrogen-bond acceptors (Lipinski definition) is 5. The van der Waals surface area contributed by atoms with E-state index in [0.29, 0.717) is 23.4 Å². The Balaban J connectivity index is 1.67. The van der Waals surface area contributed by atoms with Crippen LogP contribution in [0.4, 0.5) is 11.6 Å². The van der Waals surface area contributed by atoms with Gasteiger partial charge in [-0.15, -0.1) is 5.10 Å². The van der Waals surface area contributed by atoms with Crippen LogP contribution in [0.1, 0.15) is 36.2 Å². The summed E-state index contributed by atoms with van der Waals surface area (Å²) in [5.41, 5.74) is 1.93. The Bertz CT molecular complexity index is 934. The van der Waals surface area contributed by atoms with Crippen molar-refractivity contribution in [1.82, 2.24) is 19.7 Å². The molecule has 3 aromatic rings. The second-order valence-electron chi connectivity index (χ2n) is 6.04. The van der Waals surface area contributed by atoms with Gasteiger partial charge in [-0.3, -0.25) is 4.79 Å². The van der Waals surface area contributed by atoms with E-state index in [2.05, 4.69) is 43.0 Å². The van der Waals surface area contributed by atoms with Gasteiger partial charge in [0.05, 0.1) is 9.26 Å². The molecular weight excluding hydrogens is 429 g/mol. The zero-order valence-corrected chi connectivity index (χ0v) is 15.8. The number of carbonyl (C=O) groups is 1. The number of aromatic nitrogens is 4. The van der Waals surface area contributed by atoms with Crippen molar-refractivity contribution in [3.63, 3.8) is 0 Å². The normalized spacial score (nSPS) is 13.7. The molecule has 1 aromatic carbocycles. The largest absolute Gasteiger partial charge is 0.322 e. The Morgan fingerprint density at radius 3 is 2.72 bits per heavy atom. The molecule has 0 aliphatic heterocycles. The molecule has 0 spiro atoms. The number of rotatable bonds is 4. The molecule has 0 bridgehead atoms. The number of nitrogens with zero attached hydrogens (tertiary/aromatic N) is 4. The molecule has 2 heterocycles. The minimum Gasteiger partial charge on any atom is -0.322 e. The van der Waals surface area contributed by atoms with Gasteiger partial charge in [-0.05, 0) is 35.4 Å². The summed E-state index contributed by atoms with van der Waals surface area (Å²) in [5.74, 6) is 2.34. The van der Waals surface area contributed by atoms with Gasteiger partial charge < -0.3 is 5.32 Å². The molecule has 1 N–H and O–H groups in total. The molecule has 6 nitrogen and oxygen atoms in total. The Morgan fingerprint density at radius 2 is 2.04 bits per heavy atom. The van der Waals surface area contributed by atoms with Crippen LogP contribution in [0, 0.1) is 3.57 Å². The summed E-state index contributed by atoms with van der Waals surface area (Å²) in [7, 11) is 0. The standard InChI is InChI=1S/C18H16IN5O/c1-11(25)24-15(12-7-8-12)9-16(23-24)21-18-14(19)10-20-17(22-18)13-5-3-2-4-6-13/h2-6,9-10,12H,7-8H2,1H3,(H,20,21,22,23). The second-order valence-corrected chi connectivity index (χ2v) is 7.20. The van der Waals surface area contributed by atoms with Crippen molar-refractivity contribution in [2.24, 2.45) is 0 Å². The van der Waals surface area contributed by atoms with Gasteiger partial charge >= 0.3 is 0 Å². The topological polar surface area (TPSA) is 72.7 Å². The first-order valence-electron chi connectivity index (χ1n) is 8.07. The fraction of sp³-hybridized carbons (Fsp3) is 0.222. The van der Waals surface area contributed by atoms with Gasteiger partial charge in [0.2, 0.25) is 5.91 Å². The Hall–Kier alpha value is -2.29. The predicted octanol–water partition coefficient (Wildman–Crippen LogP) is 4.23. The van der Waals surface area contributed by atoms with Gasteiger partial charge in [-0.2, -0.15) is 0 Å². The van der Waals surface area contributed by atoms with Crippen molar-refractivity contribution < 1.29 is 4.79 Å². The molecule has 0 atom stereocenters. The summed E-state index contributed by atoms with van der Waals surface area (Å²) in [5, 5.41) is 7.64. The molecule has 126 valence electrons. The van der Waals surface area contributed by atoms with E-state index in [1.165, 1.54) is 11.6 Å². The Morgan fingerprint density at radius 1 is 1.28 bits per heavy atom. The first-order chi connectivity index (χ1) is 12.1. The van der Waals surface area contributed by atoms with Gasteiger partial charge in [-0.1, -0.05) is 30.3 Å². The number of nitrogens with one attached hydrogen (secondary N) is 1. The molecule has 0 radical (unpaired) electrons. The van der Waals surface area contributed by atoms with Gasteiger partial charge in [0.1, 0.15) is 5.82 Å². The van der Waals surface area contributed by atoms with Crippen molar-refractivity contribution in [2.45, 2.75) is 25.7 Å². The quantitative estimate of drug-likeness (QED) is 0.609. The van der Waals surface area contributed by atoms with Crippen LogP contribution in [-0.4, -0.2) is 25.7 Å². The lowest BCUT2D eigenvalue weighted by Crippen LogP contribution is -2.11. The second kappa shape index (κ2) is 6.55. The van der Waals surface area contributed by atoms with Crippen molar-refractivity contribution in [3.8, 4) is 11.4 Å². The lowest BCUT2D eigenvalue weighted by Gasteiger charge is -2.07. The highest BCUT2D eigenvalue weighted by Crippen LogP contribution is 2.41. The van der Waals surface area contributed by atoms with E-state index in [0.717, 1.165) is 27.7 Å². The summed E-state index contributed by atoms with van der Waals surface area (Å²) in [6.45, 7) is 1.53. The van der Waals surface area contributed by atoms with Crippen LogP contribution in [0.15, 0.2) is 42.6 Å². The molecule has 1 saturated carbocycles. The minimum atomic E-state index is -0.0719. The van der Waals surface area contributed by atoms with Crippen LogP contribution in [0.5, 0.6) is 0 Å². The molecule has 1 aliphatic rings. The molecule has 2 aromatic heterocycles. The third kappa shape index (κ3) is 3.41. The van der Waals surface area contributed by atoms with Crippen molar-refractivity contribution >= 4 is 40.1 Å². The average Bonchev–Trinajstić information content (AvgIpc) is 3.38. The maximum absolute atomic E-state index is 11.8. The average molecular weight is 445 g/mol. The smallest absolute Gasteiger partial charge is 0.244 e. The summed E-state index contributed by atoms with van der Waals surface area (Å²) in [4.78, 5) is 20.8. The van der Waals surface area contributed by atoms with Gasteiger partial charge in [0.15, 0.2) is 11.6 Å². The highest BCUT2D eigenvalue weighted by Gasteiger charge is 2.29. The highest BCUT2D eigenvalue weighted by molar-refractivity contribution is 14.1. The maximum atomic E-state index is 11.8. The first-order valence-corrected chi connectivity index (χ1v) is 9.15. The van der Waals surface area contributed by atoms with Crippen molar-refractivity contribution in [1.29, 1.82) is 0 Å². The molecule has 4 rings (SSSR count). The Labute approximate surface area is 158 Å². The van der Waals surface area contributed by atoms with Crippen molar-refractivity contribution in [3.05, 3.63) is 51.9 Å². The number of hydrogen-bond donors (Lipinski definition) is 1. The van der Waals surface area contributed by atoms with E-state index in [1.807, 2.05) is 36.4 Å². The maximum Gasteiger partial charge on any atom is 0.244 e. The molecule has 1 aliphatic carbocycles. The number of benzene rings is 1. The van der Waals surface area contributed by atoms with Crippen LogP contribution in [0.2, 0.25) is 0 Å². The van der Waals surface area contributed by atoms with Gasteiger partial charge in [-0.25, -0.2) is 14.6 Å². The molecule has 0 unspecified atom stereocenters. The van der Waals surface area contributed by atoms with Crippen LogP contribution >= 0.6 is 22.6 Å². The lowest BCUT2D eigenvalue weighted by molar-refractivity contribution is 0.0918. The summed E-state index contributed by atoms with van der Waals surface area (Å²) < 4.78 is 2.38. The molecule has 0 saturated heterocycles. The zero-order valence-electron chi connectivity index (χ0n) is 13.6. The molecule has 7 heteroatoms. The van der Waals surface area contributed by atoms with Gasteiger partial charge in [0.25, 0.3) is 0 Å².